The van der Waals surface area contributed by atoms with Gasteiger partial charge in [-0.3, -0.25) is 38.4 Å². The lowest BCUT2D eigenvalue weighted by Gasteiger charge is -2.34. The minimum Gasteiger partial charge on any atom is -0.423 e. The van der Waals surface area contributed by atoms with Gasteiger partial charge in [0, 0.05) is 12.8 Å². The van der Waals surface area contributed by atoms with Crippen LogP contribution in [0.3, 0.4) is 0 Å². The first-order chi connectivity index (χ1) is 36.2. The maximum absolute atomic E-state index is 13.7. The molecule has 11 rings (SSSR count). The summed E-state index contributed by atoms with van der Waals surface area (Å²) in [6.07, 6.45) is 3.57. The third-order valence-electron chi connectivity index (χ3n) is 14.0. The summed E-state index contributed by atoms with van der Waals surface area (Å²) in [5.74, 6) is -7.23. The second kappa shape index (κ2) is 18.9. The zero-order chi connectivity index (χ0) is 52.4. The second-order valence-electron chi connectivity index (χ2n) is 18.3. The lowest BCUT2D eigenvalue weighted by Crippen LogP contribution is -2.31. The van der Waals surface area contributed by atoms with Crippen molar-refractivity contribution in [1.29, 1.82) is 0 Å². The number of nitrogens with zero attached hydrogens (tertiary/aromatic N) is 4. The molecule has 75 heavy (non-hydrogen) atoms. The van der Waals surface area contributed by atoms with E-state index in [0.29, 0.717) is 0 Å². The normalized spacial score (nSPS) is 18.5. The van der Waals surface area contributed by atoms with E-state index in [1.165, 1.54) is 48.6 Å². The van der Waals surface area contributed by atoms with E-state index in [-0.39, 0.29) is 70.6 Å². The van der Waals surface area contributed by atoms with Gasteiger partial charge in [0.1, 0.15) is 29.3 Å². The average Bonchev–Trinajstić information content (AvgIpc) is 4.13. The van der Waals surface area contributed by atoms with Crippen LogP contribution in [0, 0.1) is 11.8 Å². The Labute approximate surface area is 431 Å². The largest absolute Gasteiger partial charge is 0.423 e. The number of imide groups is 4. The summed E-state index contributed by atoms with van der Waals surface area (Å²) in [5, 5.41) is 0. The highest BCUT2D eigenvalue weighted by atomic mass is 31.1. The Morgan fingerprint density at radius 1 is 0.480 bits per heavy atom. The Kier molecular flexibility index (Phi) is 12.2. The van der Waals surface area contributed by atoms with Crippen molar-refractivity contribution in [3.63, 3.8) is 0 Å². The molecule has 0 saturated carbocycles. The molecule has 0 spiro atoms. The maximum atomic E-state index is 13.7. The number of hydrogen-bond acceptors (Lipinski definition) is 12. The zero-order valence-electron chi connectivity index (χ0n) is 39.4. The van der Waals surface area contributed by atoms with Crippen LogP contribution in [-0.2, 0) is 24.6 Å². The van der Waals surface area contributed by atoms with E-state index in [1.54, 1.807) is 24.3 Å². The van der Waals surface area contributed by atoms with Crippen molar-refractivity contribution in [3.8, 4) is 22.6 Å². The van der Waals surface area contributed by atoms with Crippen LogP contribution in [0.25, 0.3) is 11.1 Å². The van der Waals surface area contributed by atoms with E-state index in [9.17, 15) is 47.9 Å². The van der Waals surface area contributed by atoms with Gasteiger partial charge >= 0.3 is 11.9 Å². The Morgan fingerprint density at radius 2 is 0.853 bits per heavy atom. The number of carbonyl (C=O) groups excluding carboxylic acids is 10. The Morgan fingerprint density at radius 3 is 1.24 bits per heavy atom. The summed E-state index contributed by atoms with van der Waals surface area (Å²) in [6, 6.07) is 38.0. The van der Waals surface area contributed by atoms with Gasteiger partial charge in [-0.1, -0.05) is 84.9 Å². The van der Waals surface area contributed by atoms with Gasteiger partial charge in [0.05, 0.1) is 50.6 Å². The summed E-state index contributed by atoms with van der Waals surface area (Å²) in [5.41, 5.74) is 4.53. The molecule has 2 fully saturated rings. The first kappa shape index (κ1) is 48.4. The van der Waals surface area contributed by atoms with Crippen LogP contribution in [0.4, 0.5) is 0 Å². The minimum atomic E-state index is -0.926. The topological polar surface area (TPSA) is 202 Å². The molecule has 4 unspecified atom stereocenters. The molecule has 6 aromatic carbocycles. The van der Waals surface area contributed by atoms with Gasteiger partial charge in [0.2, 0.25) is 23.6 Å². The molecule has 6 aromatic rings. The molecule has 4 aliphatic heterocycles. The predicted molar refractivity (Wildman–Crippen MR) is 274 cm³/mol. The molecule has 4 heterocycles. The number of esters is 2. The van der Waals surface area contributed by atoms with Gasteiger partial charge in [0.25, 0.3) is 23.6 Å². The summed E-state index contributed by atoms with van der Waals surface area (Å²) in [7, 11) is -1.73. The SMILES string of the molecule is C=CCC1CC(=O)N(PN2C(=O)c3ccc(C(=O)Oc4ccc(C5(c6ccc(OC(=O)c7ccc8c(c7)C(=O)N(PN7C(=O)CC(CC=C)C7=O)C8=O)cc6)c6ccccc6-c6ccccc65)cc4)cc3C2=O)C1=O. The Bertz CT molecular complexity index is 3360. The number of carbonyl (C=O) groups is 10. The molecular weight excluding hydrogens is 995 g/mol. The van der Waals surface area contributed by atoms with Crippen LogP contribution in [0.5, 0.6) is 11.5 Å². The first-order valence-electron chi connectivity index (χ1n) is 23.6. The quantitative estimate of drug-likeness (QED) is 0.0331. The van der Waals surface area contributed by atoms with Crippen molar-refractivity contribution < 1.29 is 57.4 Å². The van der Waals surface area contributed by atoms with E-state index in [2.05, 4.69) is 13.2 Å². The Balaban J connectivity index is 0.824. The molecule has 0 radical (unpaired) electrons. The number of rotatable bonds is 14. The van der Waals surface area contributed by atoms with E-state index < -0.39 is 94.2 Å². The fraction of sp³-hybridized carbons (Fsp3) is 0.123. The number of hydrogen-bond donors (Lipinski definition) is 0. The second-order valence-corrected chi connectivity index (χ2v) is 20.5. The molecule has 1 aliphatic carbocycles. The van der Waals surface area contributed by atoms with Crippen LogP contribution in [0.15, 0.2) is 159 Å². The van der Waals surface area contributed by atoms with Crippen LogP contribution >= 0.6 is 17.8 Å². The van der Waals surface area contributed by atoms with Crippen LogP contribution < -0.4 is 9.47 Å². The van der Waals surface area contributed by atoms with Crippen LogP contribution in [0.2, 0.25) is 0 Å². The zero-order valence-corrected chi connectivity index (χ0v) is 41.4. The van der Waals surface area contributed by atoms with Crippen molar-refractivity contribution in [2.75, 3.05) is 0 Å². The van der Waals surface area contributed by atoms with E-state index in [1.807, 2.05) is 72.8 Å². The van der Waals surface area contributed by atoms with Crippen LogP contribution in [-0.4, -0.2) is 77.9 Å². The smallest absolute Gasteiger partial charge is 0.343 e. The third-order valence-corrected chi connectivity index (χ3v) is 16.5. The lowest BCUT2D eigenvalue weighted by molar-refractivity contribution is -0.134. The highest BCUT2D eigenvalue weighted by Crippen LogP contribution is 2.56. The molecule has 0 bridgehead atoms. The number of benzene rings is 6. The molecule has 4 atom stereocenters. The molecule has 0 N–H and O–H groups in total. The van der Waals surface area contributed by atoms with E-state index >= 15 is 0 Å². The standard InChI is InChI=1S/C57H40N4O12P2/c1-3-9-31-29-47(62)58(49(31)64)74-60-51(66)41-25-15-33(27-43(41)53(60)68)55(70)72-37-21-17-35(18-22-37)57(45-13-7-5-11-39(45)40-12-6-8-14-46(40)57)36-19-23-38(24-20-36)73-56(71)34-16-26-42-44(28-34)54(69)61(52(42)67)75-59-48(63)30-32(10-4-2)50(59)65/h3-8,11-28,31-32,74-75H,1-2,9-10,29-30H2. The highest BCUT2D eigenvalue weighted by molar-refractivity contribution is 7.37. The molecule has 8 amide bonds. The molecule has 2 saturated heterocycles. The molecule has 0 aromatic heterocycles. The fourth-order valence-electron chi connectivity index (χ4n) is 10.4. The number of allylic oxidation sites excluding steroid dienone is 2. The highest BCUT2D eigenvalue weighted by Gasteiger charge is 2.48. The maximum Gasteiger partial charge on any atom is 0.343 e. The molecule has 16 nitrogen and oxygen atoms in total. The van der Waals surface area contributed by atoms with Gasteiger partial charge in [-0.05, 0) is 107 Å². The van der Waals surface area contributed by atoms with Gasteiger partial charge in [-0.25, -0.2) is 28.3 Å². The van der Waals surface area contributed by atoms with Crippen molar-refractivity contribution in [2.24, 2.45) is 11.8 Å². The summed E-state index contributed by atoms with van der Waals surface area (Å²) in [6.45, 7) is 7.26. The van der Waals surface area contributed by atoms with Gasteiger partial charge in [-0.2, -0.15) is 0 Å². The Hall–Kier alpha value is -8.84. The van der Waals surface area contributed by atoms with Crippen molar-refractivity contribution >= 4 is 77.0 Å². The summed E-state index contributed by atoms with van der Waals surface area (Å²) < 4.78 is 15.2. The molecule has 18 heteroatoms. The van der Waals surface area contributed by atoms with Crippen molar-refractivity contribution in [3.05, 3.63) is 214 Å². The fourth-order valence-corrected chi connectivity index (χ4v) is 12.6. The van der Waals surface area contributed by atoms with Crippen molar-refractivity contribution in [2.45, 2.75) is 31.1 Å². The average molecular weight is 1030 g/mol. The van der Waals surface area contributed by atoms with Gasteiger partial charge in [-0.15, -0.1) is 13.2 Å². The molecular formula is C57H40N4O12P2. The summed E-state index contributed by atoms with van der Waals surface area (Å²) >= 11 is 0. The van der Waals surface area contributed by atoms with Crippen molar-refractivity contribution in [1.82, 2.24) is 18.7 Å². The minimum absolute atomic E-state index is 0.00510. The van der Waals surface area contributed by atoms with Gasteiger partial charge < -0.3 is 9.47 Å². The van der Waals surface area contributed by atoms with Gasteiger partial charge in [0.15, 0.2) is 0 Å². The molecule has 370 valence electrons. The third kappa shape index (κ3) is 7.92. The van der Waals surface area contributed by atoms with Crippen LogP contribution in [0.1, 0.15) is 110 Å². The first-order valence-corrected chi connectivity index (χ1v) is 25.4. The monoisotopic (exact) mass is 1030 g/mol. The predicted octanol–water partition coefficient (Wildman–Crippen LogP) is 8.60. The number of amides is 8. The number of fused-ring (bicyclic) bond motifs is 5. The molecule has 5 aliphatic rings. The summed E-state index contributed by atoms with van der Waals surface area (Å²) in [4.78, 5) is 132. The lowest BCUT2D eigenvalue weighted by atomic mass is 9.68. The van der Waals surface area contributed by atoms with E-state index in [4.69, 9.17) is 9.47 Å². The van der Waals surface area contributed by atoms with E-state index in [0.717, 1.165) is 52.1 Å². The number of ether oxygens (including phenoxy) is 2.